The van der Waals surface area contributed by atoms with Crippen LogP contribution in [0.3, 0.4) is 0 Å². The van der Waals surface area contributed by atoms with Crippen molar-refractivity contribution in [2.24, 2.45) is 29.1 Å². The Balaban J connectivity index is 1.75. The third-order valence-corrected chi connectivity index (χ3v) is 6.71. The normalized spacial score (nSPS) is 62.8. The van der Waals surface area contributed by atoms with Gasteiger partial charge in [0, 0.05) is 0 Å². The lowest BCUT2D eigenvalue weighted by atomic mass is 9.75. The highest BCUT2D eigenvalue weighted by atomic mass is 16.6. The Morgan fingerprint density at radius 1 is 1.00 bits per heavy atom. The van der Waals surface area contributed by atoms with Gasteiger partial charge in [0.25, 0.3) is 0 Å². The van der Waals surface area contributed by atoms with Crippen LogP contribution in [0, 0.1) is 29.1 Å². The second-order valence-corrected chi connectivity index (χ2v) is 7.87. The highest BCUT2D eigenvalue weighted by molar-refractivity contribution is 5.21. The van der Waals surface area contributed by atoms with Gasteiger partial charge in [-0.25, -0.2) is 0 Å². The SMILES string of the molecule is CC1(C)[C@H]2[C@H]3[C@@H](CC[C@]3(C)O)[C@@]3(CC[C@H]21)CO3. The first-order chi connectivity index (χ1) is 7.89. The van der Waals surface area contributed by atoms with Crippen molar-refractivity contribution >= 4 is 0 Å². The molecule has 0 unspecified atom stereocenters. The van der Waals surface area contributed by atoms with Crippen LogP contribution < -0.4 is 0 Å². The van der Waals surface area contributed by atoms with E-state index in [-0.39, 0.29) is 5.60 Å². The van der Waals surface area contributed by atoms with Crippen molar-refractivity contribution in [1.29, 1.82) is 0 Å². The molecule has 2 nitrogen and oxygen atoms in total. The Morgan fingerprint density at radius 2 is 1.65 bits per heavy atom. The van der Waals surface area contributed by atoms with Gasteiger partial charge in [-0.3, -0.25) is 0 Å². The van der Waals surface area contributed by atoms with Gasteiger partial charge in [0.1, 0.15) is 0 Å². The summed E-state index contributed by atoms with van der Waals surface area (Å²) in [6.45, 7) is 7.84. The summed E-state index contributed by atoms with van der Waals surface area (Å²) in [6.07, 6.45) is 4.72. The Hall–Kier alpha value is -0.0800. The zero-order chi connectivity index (χ0) is 12.1. The maximum Gasteiger partial charge on any atom is 0.0948 e. The quantitative estimate of drug-likeness (QED) is 0.656. The van der Waals surface area contributed by atoms with E-state index in [9.17, 15) is 5.11 Å². The van der Waals surface area contributed by atoms with Crippen molar-refractivity contribution in [2.75, 3.05) is 6.61 Å². The van der Waals surface area contributed by atoms with Crippen molar-refractivity contribution in [1.82, 2.24) is 0 Å². The predicted octanol–water partition coefficient (Wildman–Crippen LogP) is 2.60. The smallest absolute Gasteiger partial charge is 0.0948 e. The van der Waals surface area contributed by atoms with Crippen LogP contribution in [-0.2, 0) is 4.74 Å². The number of rotatable bonds is 0. The zero-order valence-corrected chi connectivity index (χ0v) is 11.2. The maximum absolute atomic E-state index is 10.7. The highest BCUT2D eigenvalue weighted by Crippen LogP contribution is 2.73. The van der Waals surface area contributed by atoms with E-state index in [0.717, 1.165) is 24.9 Å². The van der Waals surface area contributed by atoms with Crippen LogP contribution in [0.4, 0.5) is 0 Å². The number of hydrogen-bond donors (Lipinski definition) is 1. The van der Waals surface area contributed by atoms with Gasteiger partial charge in [0.05, 0.1) is 17.8 Å². The first-order valence-corrected chi connectivity index (χ1v) is 7.25. The Bertz CT molecular complexity index is 367. The molecule has 17 heavy (non-hydrogen) atoms. The topological polar surface area (TPSA) is 32.8 Å². The molecule has 4 aliphatic rings. The largest absolute Gasteiger partial charge is 0.390 e. The number of ether oxygens (including phenoxy) is 1. The minimum atomic E-state index is -0.440. The summed E-state index contributed by atoms with van der Waals surface area (Å²) < 4.78 is 5.85. The van der Waals surface area contributed by atoms with Crippen molar-refractivity contribution < 1.29 is 9.84 Å². The minimum absolute atomic E-state index is 0.189. The summed E-state index contributed by atoms with van der Waals surface area (Å²) >= 11 is 0. The summed E-state index contributed by atoms with van der Waals surface area (Å²) in [5.74, 6) is 2.71. The van der Waals surface area contributed by atoms with Crippen LogP contribution in [0.1, 0.15) is 46.5 Å². The second kappa shape index (κ2) is 2.75. The fourth-order valence-electron chi connectivity index (χ4n) is 5.54. The summed E-state index contributed by atoms with van der Waals surface area (Å²) in [7, 11) is 0. The first kappa shape index (κ1) is 10.8. The van der Waals surface area contributed by atoms with Gasteiger partial charge in [0.2, 0.25) is 0 Å². The molecule has 0 aromatic rings. The molecule has 0 radical (unpaired) electrons. The molecule has 1 spiro atoms. The number of fused-ring (bicyclic) bond motifs is 4. The van der Waals surface area contributed by atoms with Crippen molar-refractivity contribution in [3.63, 3.8) is 0 Å². The lowest BCUT2D eigenvalue weighted by molar-refractivity contribution is -0.0155. The predicted molar refractivity (Wildman–Crippen MR) is 65.5 cm³/mol. The number of aliphatic hydroxyl groups is 1. The highest BCUT2D eigenvalue weighted by Gasteiger charge is 2.72. The molecule has 0 aromatic heterocycles. The number of hydrogen-bond acceptors (Lipinski definition) is 2. The Kier molecular flexibility index (Phi) is 1.75. The van der Waals surface area contributed by atoms with E-state index in [1.54, 1.807) is 0 Å². The van der Waals surface area contributed by atoms with Crippen molar-refractivity contribution in [3.05, 3.63) is 0 Å². The van der Waals surface area contributed by atoms with Gasteiger partial charge in [-0.2, -0.15) is 0 Å². The second-order valence-electron chi connectivity index (χ2n) is 7.87. The molecular formula is C15H24O2. The molecular weight excluding hydrogens is 212 g/mol. The van der Waals surface area contributed by atoms with Crippen LogP contribution in [-0.4, -0.2) is 22.9 Å². The van der Waals surface area contributed by atoms with E-state index in [4.69, 9.17) is 4.74 Å². The van der Waals surface area contributed by atoms with Crippen LogP contribution >= 0.6 is 0 Å². The van der Waals surface area contributed by atoms with Crippen molar-refractivity contribution in [3.8, 4) is 0 Å². The van der Waals surface area contributed by atoms with Crippen LogP contribution in [0.25, 0.3) is 0 Å². The van der Waals surface area contributed by atoms with Gasteiger partial charge in [-0.15, -0.1) is 0 Å². The molecule has 2 heteroatoms. The van der Waals surface area contributed by atoms with Crippen LogP contribution in [0.15, 0.2) is 0 Å². The van der Waals surface area contributed by atoms with E-state index in [1.165, 1.54) is 19.3 Å². The molecule has 96 valence electrons. The fourth-order valence-corrected chi connectivity index (χ4v) is 5.54. The summed E-state index contributed by atoms with van der Waals surface area (Å²) in [5.41, 5.74) is 0.215. The van der Waals surface area contributed by atoms with E-state index < -0.39 is 5.60 Å². The van der Waals surface area contributed by atoms with Gasteiger partial charge < -0.3 is 9.84 Å². The van der Waals surface area contributed by atoms with E-state index in [0.29, 0.717) is 17.3 Å². The zero-order valence-electron chi connectivity index (χ0n) is 11.2. The lowest BCUT2D eigenvalue weighted by Crippen LogP contribution is -2.39. The lowest BCUT2D eigenvalue weighted by Gasteiger charge is -2.33. The molecule has 4 rings (SSSR count). The standard InChI is InChI=1S/C15H24O2/c1-13(2)9-5-7-15(8-17-15)10-4-6-14(3,16)12(10)11(9)13/h9-12,16H,4-8H2,1-3H3/t9-,10-,11-,12-,14+,15-/m1/s1. The van der Waals surface area contributed by atoms with E-state index in [2.05, 4.69) is 20.8 Å². The minimum Gasteiger partial charge on any atom is -0.390 e. The molecule has 0 aromatic carbocycles. The molecule has 1 aliphatic heterocycles. The third kappa shape index (κ3) is 1.19. The molecule has 0 bridgehead atoms. The summed E-state index contributed by atoms with van der Waals surface area (Å²) in [6, 6.07) is 0. The molecule has 1 heterocycles. The average Bonchev–Trinajstić information content (AvgIpc) is 3.08. The molecule has 6 atom stereocenters. The third-order valence-electron chi connectivity index (χ3n) is 6.71. The van der Waals surface area contributed by atoms with Crippen LogP contribution in [0.5, 0.6) is 0 Å². The van der Waals surface area contributed by atoms with E-state index >= 15 is 0 Å². The van der Waals surface area contributed by atoms with E-state index in [1.807, 2.05) is 0 Å². The monoisotopic (exact) mass is 236 g/mol. The Morgan fingerprint density at radius 3 is 2.29 bits per heavy atom. The fraction of sp³-hybridized carbons (Fsp3) is 1.00. The molecule has 3 saturated carbocycles. The average molecular weight is 236 g/mol. The molecule has 1 N–H and O–H groups in total. The van der Waals surface area contributed by atoms with Gasteiger partial charge in [-0.05, 0) is 61.7 Å². The van der Waals surface area contributed by atoms with Crippen LogP contribution in [0.2, 0.25) is 0 Å². The maximum atomic E-state index is 10.7. The molecule has 4 fully saturated rings. The van der Waals surface area contributed by atoms with Gasteiger partial charge in [0.15, 0.2) is 0 Å². The Labute approximate surface area is 104 Å². The molecule has 1 saturated heterocycles. The number of epoxide rings is 1. The molecule has 0 amide bonds. The van der Waals surface area contributed by atoms with Crippen molar-refractivity contribution in [2.45, 2.75) is 57.7 Å². The van der Waals surface area contributed by atoms with Gasteiger partial charge in [-0.1, -0.05) is 13.8 Å². The molecule has 3 aliphatic carbocycles. The summed E-state index contributed by atoms with van der Waals surface area (Å²) in [5, 5.41) is 10.7. The first-order valence-electron chi connectivity index (χ1n) is 7.25. The summed E-state index contributed by atoms with van der Waals surface area (Å²) in [4.78, 5) is 0. The van der Waals surface area contributed by atoms with Gasteiger partial charge >= 0.3 is 0 Å².